The number of carbonyl (C=O) groups excluding carboxylic acids is 1. The van der Waals surface area contributed by atoms with Gasteiger partial charge in [-0.05, 0) is 49.4 Å². The topological polar surface area (TPSA) is 54.0 Å². The first-order valence-electron chi connectivity index (χ1n) is 8.49. The molecule has 1 atom stereocenters. The molecule has 126 valence electrons. The van der Waals surface area contributed by atoms with Gasteiger partial charge in [0.15, 0.2) is 0 Å². The molecule has 6 heteroatoms. The Labute approximate surface area is 150 Å². The van der Waals surface area contributed by atoms with E-state index in [1.54, 1.807) is 0 Å². The Bertz CT molecular complexity index is 750. The van der Waals surface area contributed by atoms with Crippen molar-refractivity contribution in [3.8, 4) is 0 Å². The fourth-order valence-corrected chi connectivity index (χ4v) is 4.77. The van der Waals surface area contributed by atoms with Crippen LogP contribution in [-0.2, 0) is 30.5 Å². The monoisotopic (exact) mass is 361 g/mol. The molecule has 1 aromatic carbocycles. The molecule has 0 fully saturated rings. The summed E-state index contributed by atoms with van der Waals surface area (Å²) in [6, 6.07) is 5.50. The van der Waals surface area contributed by atoms with E-state index < -0.39 is 0 Å². The normalized spacial score (nSPS) is 18.6. The number of aryl methyl sites for hydroxylation is 2. The van der Waals surface area contributed by atoms with E-state index in [9.17, 15) is 4.79 Å². The highest BCUT2D eigenvalue weighted by Crippen LogP contribution is 2.29. The fraction of sp³-hybridized carbons (Fsp3) is 0.444. The molecule has 24 heavy (non-hydrogen) atoms. The van der Waals surface area contributed by atoms with Crippen LogP contribution in [0.15, 0.2) is 18.2 Å². The van der Waals surface area contributed by atoms with Gasteiger partial charge in [0, 0.05) is 35.0 Å². The van der Waals surface area contributed by atoms with E-state index in [1.807, 2.05) is 29.5 Å². The molecule has 4 rings (SSSR count). The summed E-state index contributed by atoms with van der Waals surface area (Å²) in [5, 5.41) is 8.16. The smallest absolute Gasteiger partial charge is 0.242 e. The van der Waals surface area contributed by atoms with Crippen molar-refractivity contribution in [1.29, 1.82) is 0 Å². The second kappa shape index (κ2) is 6.73. The molecule has 1 amide bonds. The lowest BCUT2D eigenvalue weighted by Gasteiger charge is -2.11. The number of benzene rings is 1. The van der Waals surface area contributed by atoms with Gasteiger partial charge in [-0.3, -0.25) is 4.79 Å². The van der Waals surface area contributed by atoms with Gasteiger partial charge in [-0.1, -0.05) is 11.6 Å². The van der Waals surface area contributed by atoms with Gasteiger partial charge in [-0.15, -0.1) is 11.3 Å². The highest BCUT2D eigenvalue weighted by Gasteiger charge is 2.26. The minimum Gasteiger partial charge on any atom is -0.373 e. The third kappa shape index (κ3) is 3.28. The number of nitrogens with one attached hydrogen (secondary N) is 2. The van der Waals surface area contributed by atoms with Gasteiger partial charge >= 0.3 is 0 Å². The summed E-state index contributed by atoms with van der Waals surface area (Å²) in [5.74, 6) is 0.0450. The molecule has 0 saturated carbocycles. The standard InChI is InChI=1S/C18H20ClN3OS/c19-12-5-6-13-11(9-12)10-15(21-13)18(23)20-8-7-17-22-14-3-1-2-4-16(14)24-17/h5-6,9,15,21H,1-4,7-8,10H2,(H,20,23)/t15-/m1/s1. The first-order chi connectivity index (χ1) is 11.7. The number of amides is 1. The second-order valence-electron chi connectivity index (χ2n) is 6.43. The van der Waals surface area contributed by atoms with E-state index in [0.29, 0.717) is 18.0 Å². The van der Waals surface area contributed by atoms with Crippen LogP contribution < -0.4 is 10.6 Å². The van der Waals surface area contributed by atoms with Crippen molar-refractivity contribution in [2.45, 2.75) is 44.6 Å². The molecule has 0 spiro atoms. The van der Waals surface area contributed by atoms with Crippen LogP contribution in [0.1, 0.15) is 34.0 Å². The summed E-state index contributed by atoms with van der Waals surface area (Å²) >= 11 is 7.83. The predicted octanol–water partition coefficient (Wildman–Crippen LogP) is 3.37. The maximum Gasteiger partial charge on any atom is 0.242 e. The molecular weight excluding hydrogens is 342 g/mol. The van der Waals surface area contributed by atoms with Gasteiger partial charge < -0.3 is 10.6 Å². The first kappa shape index (κ1) is 15.9. The Morgan fingerprint density at radius 1 is 1.38 bits per heavy atom. The molecule has 0 bridgehead atoms. The Morgan fingerprint density at radius 2 is 2.25 bits per heavy atom. The summed E-state index contributed by atoms with van der Waals surface area (Å²) in [6.07, 6.45) is 6.33. The van der Waals surface area contributed by atoms with Gasteiger partial charge in [0.05, 0.1) is 10.7 Å². The van der Waals surface area contributed by atoms with Crippen LogP contribution in [0.25, 0.3) is 0 Å². The lowest BCUT2D eigenvalue weighted by molar-refractivity contribution is -0.121. The van der Waals surface area contributed by atoms with Gasteiger partial charge in [-0.25, -0.2) is 4.98 Å². The molecule has 2 N–H and O–H groups in total. The average molecular weight is 362 g/mol. The number of carbonyl (C=O) groups is 1. The summed E-state index contributed by atoms with van der Waals surface area (Å²) in [7, 11) is 0. The average Bonchev–Trinajstić information content (AvgIpc) is 3.17. The van der Waals surface area contributed by atoms with Crippen molar-refractivity contribution >= 4 is 34.5 Å². The quantitative estimate of drug-likeness (QED) is 0.877. The molecule has 1 aliphatic heterocycles. The summed E-state index contributed by atoms with van der Waals surface area (Å²) in [6.45, 7) is 0.639. The zero-order valence-corrected chi connectivity index (χ0v) is 15.0. The van der Waals surface area contributed by atoms with Gasteiger partial charge in [0.2, 0.25) is 5.91 Å². The minimum absolute atomic E-state index is 0.0450. The number of anilines is 1. The zero-order valence-electron chi connectivity index (χ0n) is 13.4. The number of halogens is 1. The van der Waals surface area contributed by atoms with Crippen LogP contribution in [0.4, 0.5) is 5.69 Å². The third-order valence-electron chi connectivity index (χ3n) is 4.67. The van der Waals surface area contributed by atoms with Gasteiger partial charge in [-0.2, -0.15) is 0 Å². The Kier molecular flexibility index (Phi) is 4.46. The van der Waals surface area contributed by atoms with E-state index in [2.05, 4.69) is 10.6 Å². The Morgan fingerprint density at radius 3 is 3.12 bits per heavy atom. The molecule has 2 aromatic rings. The van der Waals surface area contributed by atoms with Crippen LogP contribution >= 0.6 is 22.9 Å². The van der Waals surface area contributed by atoms with E-state index >= 15 is 0 Å². The number of fused-ring (bicyclic) bond motifs is 2. The van der Waals surface area contributed by atoms with Crippen LogP contribution in [0, 0.1) is 0 Å². The largest absolute Gasteiger partial charge is 0.373 e. The van der Waals surface area contributed by atoms with E-state index in [-0.39, 0.29) is 11.9 Å². The highest BCUT2D eigenvalue weighted by molar-refractivity contribution is 7.11. The number of nitrogens with zero attached hydrogens (tertiary/aromatic N) is 1. The Balaban J connectivity index is 1.29. The zero-order chi connectivity index (χ0) is 16.5. The van der Waals surface area contributed by atoms with Crippen molar-refractivity contribution < 1.29 is 4.79 Å². The molecule has 0 radical (unpaired) electrons. The van der Waals surface area contributed by atoms with Gasteiger partial charge in [0.25, 0.3) is 0 Å². The first-order valence-corrected chi connectivity index (χ1v) is 9.68. The predicted molar refractivity (Wildman–Crippen MR) is 98.0 cm³/mol. The third-order valence-corrected chi connectivity index (χ3v) is 6.12. The molecule has 2 heterocycles. The summed E-state index contributed by atoms with van der Waals surface area (Å²) in [5.41, 5.74) is 3.40. The summed E-state index contributed by atoms with van der Waals surface area (Å²) in [4.78, 5) is 18.5. The molecule has 2 aliphatic rings. The Hall–Kier alpha value is -1.59. The molecule has 0 saturated heterocycles. The molecular formula is C18H20ClN3OS. The highest BCUT2D eigenvalue weighted by atomic mass is 35.5. The molecule has 4 nitrogen and oxygen atoms in total. The van der Waals surface area contributed by atoms with Crippen LogP contribution in [0.5, 0.6) is 0 Å². The van der Waals surface area contributed by atoms with Crippen LogP contribution in [0.3, 0.4) is 0 Å². The fourth-order valence-electron chi connectivity index (χ4n) is 3.42. The van der Waals surface area contributed by atoms with E-state index in [0.717, 1.165) is 29.1 Å². The van der Waals surface area contributed by atoms with Crippen molar-refractivity contribution in [2.24, 2.45) is 0 Å². The maximum atomic E-state index is 12.4. The van der Waals surface area contributed by atoms with Gasteiger partial charge in [0.1, 0.15) is 6.04 Å². The van der Waals surface area contributed by atoms with Crippen molar-refractivity contribution in [3.05, 3.63) is 44.4 Å². The molecule has 1 aromatic heterocycles. The van der Waals surface area contributed by atoms with E-state index in [4.69, 9.17) is 16.6 Å². The van der Waals surface area contributed by atoms with Crippen molar-refractivity contribution in [1.82, 2.24) is 10.3 Å². The molecule has 0 unspecified atom stereocenters. The van der Waals surface area contributed by atoms with E-state index in [1.165, 1.54) is 29.8 Å². The van der Waals surface area contributed by atoms with Crippen molar-refractivity contribution in [2.75, 3.05) is 11.9 Å². The number of rotatable bonds is 4. The maximum absolute atomic E-state index is 12.4. The summed E-state index contributed by atoms with van der Waals surface area (Å²) < 4.78 is 0. The number of hydrogen-bond donors (Lipinski definition) is 2. The number of hydrogen-bond acceptors (Lipinski definition) is 4. The second-order valence-corrected chi connectivity index (χ2v) is 8.03. The van der Waals surface area contributed by atoms with Crippen LogP contribution in [-0.4, -0.2) is 23.5 Å². The molecule has 1 aliphatic carbocycles. The van der Waals surface area contributed by atoms with Crippen LogP contribution in [0.2, 0.25) is 5.02 Å². The lowest BCUT2D eigenvalue weighted by atomic mass is 10.0. The lowest BCUT2D eigenvalue weighted by Crippen LogP contribution is -2.39. The number of aromatic nitrogens is 1. The van der Waals surface area contributed by atoms with Crippen molar-refractivity contribution in [3.63, 3.8) is 0 Å². The SMILES string of the molecule is O=C(NCCc1nc2c(s1)CCCC2)[C@H]1Cc2cc(Cl)ccc2N1. The number of thiazole rings is 1. The minimum atomic E-state index is -0.206.